The fourth-order valence-corrected chi connectivity index (χ4v) is 4.69. The maximum absolute atomic E-state index is 13.6. The monoisotopic (exact) mass is 379 g/mol. The molecule has 0 radical (unpaired) electrons. The second-order valence-corrected chi connectivity index (χ2v) is 7.63. The number of hydrogen-bond donors (Lipinski definition) is 0. The first-order valence-corrected chi connectivity index (χ1v) is 9.73. The molecular weight excluding hydrogens is 361 g/mol. The molecule has 2 heterocycles. The van der Waals surface area contributed by atoms with Crippen molar-refractivity contribution in [1.82, 2.24) is 9.80 Å². The summed E-state index contributed by atoms with van der Waals surface area (Å²) in [6.45, 7) is 1.22. The molecule has 0 aromatic heterocycles. The molecule has 27 heavy (non-hydrogen) atoms. The second kappa shape index (κ2) is 7.55. The van der Waals surface area contributed by atoms with Crippen molar-refractivity contribution in [2.45, 2.75) is 18.9 Å². The molecular formula is C21H18FN3OS. The molecule has 2 aliphatic heterocycles. The number of halogens is 1. The van der Waals surface area contributed by atoms with E-state index in [2.05, 4.69) is 23.1 Å². The predicted octanol–water partition coefficient (Wildman–Crippen LogP) is 4.04. The van der Waals surface area contributed by atoms with Gasteiger partial charge in [-0.25, -0.2) is 4.39 Å². The largest absolute Gasteiger partial charge is 0.292 e. The summed E-state index contributed by atoms with van der Waals surface area (Å²) in [4.78, 5) is 16.7. The predicted molar refractivity (Wildman–Crippen MR) is 103 cm³/mol. The van der Waals surface area contributed by atoms with Crippen LogP contribution in [0.5, 0.6) is 0 Å². The Morgan fingerprint density at radius 1 is 1.19 bits per heavy atom. The van der Waals surface area contributed by atoms with Crippen molar-refractivity contribution in [3.8, 4) is 6.07 Å². The van der Waals surface area contributed by atoms with Crippen molar-refractivity contribution < 1.29 is 9.18 Å². The van der Waals surface area contributed by atoms with Crippen LogP contribution in [0.1, 0.15) is 23.5 Å². The van der Waals surface area contributed by atoms with Gasteiger partial charge >= 0.3 is 0 Å². The minimum Gasteiger partial charge on any atom is -0.292 e. The van der Waals surface area contributed by atoms with Crippen LogP contribution < -0.4 is 0 Å². The first kappa shape index (κ1) is 17.8. The number of carbonyl (C=O) groups excluding carboxylic acids is 1. The Labute approximate surface area is 161 Å². The summed E-state index contributed by atoms with van der Waals surface area (Å²) in [7, 11) is 0. The number of nitrogens with zero attached hydrogens (tertiary/aromatic N) is 3. The average Bonchev–Trinajstić information content (AvgIpc) is 2.69. The summed E-state index contributed by atoms with van der Waals surface area (Å²) in [5.74, 6) is -0.0501. The van der Waals surface area contributed by atoms with Gasteiger partial charge in [-0.15, -0.1) is 0 Å². The highest BCUT2D eigenvalue weighted by molar-refractivity contribution is 8.03. The van der Waals surface area contributed by atoms with Gasteiger partial charge in [0.1, 0.15) is 5.82 Å². The zero-order chi connectivity index (χ0) is 18.8. The highest BCUT2D eigenvalue weighted by atomic mass is 32.2. The van der Waals surface area contributed by atoms with Crippen LogP contribution in [0.2, 0.25) is 0 Å². The molecule has 0 N–H and O–H groups in total. The van der Waals surface area contributed by atoms with Crippen molar-refractivity contribution in [2.75, 3.05) is 12.5 Å². The number of allylic oxidation sites excluding steroid dienone is 1. The van der Waals surface area contributed by atoms with Crippen molar-refractivity contribution in [1.29, 1.82) is 5.26 Å². The van der Waals surface area contributed by atoms with Crippen LogP contribution in [0.15, 0.2) is 65.2 Å². The van der Waals surface area contributed by atoms with E-state index >= 15 is 0 Å². The summed E-state index contributed by atoms with van der Waals surface area (Å²) >= 11 is 1.51. The van der Waals surface area contributed by atoms with Crippen LogP contribution in [0.4, 0.5) is 4.39 Å². The standard InChI is InChI=1S/C21H18FN3OS/c22-17-8-4-7-16(9-17)18-10-20(26)25-13-24(12-15-5-2-1-3-6-15)14-27-21(25)19(18)11-23/h1-9,18H,10,12-14H2. The van der Waals surface area contributed by atoms with Crippen LogP contribution in [0.25, 0.3) is 0 Å². The lowest BCUT2D eigenvalue weighted by Crippen LogP contribution is -2.46. The minimum atomic E-state index is -0.377. The normalized spacial score (nSPS) is 20.4. The van der Waals surface area contributed by atoms with Gasteiger partial charge in [0.05, 0.1) is 29.2 Å². The SMILES string of the molecule is N#CC1=C2SCN(Cc3ccccc3)CN2C(=O)CC1c1cccc(F)c1. The molecule has 2 aromatic carbocycles. The highest BCUT2D eigenvalue weighted by Gasteiger charge is 2.38. The van der Waals surface area contributed by atoms with E-state index in [0.29, 0.717) is 28.7 Å². The second-order valence-electron chi connectivity index (χ2n) is 6.69. The van der Waals surface area contributed by atoms with E-state index in [4.69, 9.17) is 0 Å². The Morgan fingerprint density at radius 2 is 2.00 bits per heavy atom. The van der Waals surface area contributed by atoms with E-state index in [1.165, 1.54) is 29.5 Å². The number of hydrogen-bond acceptors (Lipinski definition) is 4. The van der Waals surface area contributed by atoms with Crippen LogP contribution >= 0.6 is 11.8 Å². The molecule has 0 spiro atoms. The number of carbonyl (C=O) groups is 1. The fourth-order valence-electron chi connectivity index (χ4n) is 3.56. The molecule has 1 fully saturated rings. The molecule has 4 rings (SSSR count). The molecule has 1 atom stereocenters. The van der Waals surface area contributed by atoms with Gasteiger partial charge in [0, 0.05) is 18.9 Å². The quantitative estimate of drug-likeness (QED) is 0.808. The molecule has 1 unspecified atom stereocenters. The van der Waals surface area contributed by atoms with E-state index in [0.717, 1.165) is 6.54 Å². The first-order valence-electron chi connectivity index (χ1n) is 8.75. The lowest BCUT2D eigenvalue weighted by atomic mass is 9.86. The van der Waals surface area contributed by atoms with Gasteiger partial charge < -0.3 is 0 Å². The van der Waals surface area contributed by atoms with Crippen molar-refractivity contribution >= 4 is 17.7 Å². The van der Waals surface area contributed by atoms with E-state index in [-0.39, 0.29) is 24.1 Å². The summed E-state index contributed by atoms with van der Waals surface area (Å²) < 4.78 is 13.6. The number of thioether (sulfide) groups is 1. The Hall–Kier alpha value is -2.62. The molecule has 1 amide bonds. The van der Waals surface area contributed by atoms with Gasteiger partial charge in [-0.2, -0.15) is 5.26 Å². The van der Waals surface area contributed by atoms with Gasteiger partial charge in [-0.1, -0.05) is 54.2 Å². The van der Waals surface area contributed by atoms with E-state index in [1.807, 2.05) is 18.2 Å². The summed E-state index contributed by atoms with van der Waals surface area (Å²) in [5.41, 5.74) is 2.43. The lowest BCUT2D eigenvalue weighted by Gasteiger charge is -2.41. The molecule has 0 saturated carbocycles. The minimum absolute atomic E-state index is 0.0245. The first-order chi connectivity index (χ1) is 13.2. The zero-order valence-electron chi connectivity index (χ0n) is 14.6. The van der Waals surface area contributed by atoms with Crippen LogP contribution in [-0.4, -0.2) is 28.3 Å². The summed E-state index contributed by atoms with van der Waals surface area (Å²) in [6, 6.07) is 18.6. The van der Waals surface area contributed by atoms with Gasteiger partial charge in [-0.3, -0.25) is 14.6 Å². The van der Waals surface area contributed by atoms with Gasteiger partial charge in [0.25, 0.3) is 0 Å². The van der Waals surface area contributed by atoms with E-state index in [9.17, 15) is 14.4 Å². The molecule has 2 aromatic rings. The Kier molecular flexibility index (Phi) is 4.97. The summed E-state index contributed by atoms with van der Waals surface area (Å²) in [6.07, 6.45) is 0.190. The molecule has 0 bridgehead atoms. The smallest absolute Gasteiger partial charge is 0.229 e. The van der Waals surface area contributed by atoms with Crippen LogP contribution in [0.3, 0.4) is 0 Å². The number of nitriles is 1. The topological polar surface area (TPSA) is 47.3 Å². The van der Waals surface area contributed by atoms with Crippen LogP contribution in [-0.2, 0) is 11.3 Å². The zero-order valence-corrected chi connectivity index (χ0v) is 15.5. The Bertz CT molecular complexity index is 938. The number of fused-ring (bicyclic) bond motifs is 1. The van der Waals surface area contributed by atoms with Gasteiger partial charge in [0.15, 0.2) is 0 Å². The Morgan fingerprint density at radius 3 is 2.74 bits per heavy atom. The summed E-state index contributed by atoms with van der Waals surface area (Å²) in [5, 5.41) is 10.5. The molecule has 0 aliphatic carbocycles. The molecule has 4 nitrogen and oxygen atoms in total. The van der Waals surface area contributed by atoms with Gasteiger partial charge in [-0.05, 0) is 23.3 Å². The number of amides is 1. The van der Waals surface area contributed by atoms with E-state index < -0.39 is 0 Å². The molecule has 1 saturated heterocycles. The highest BCUT2D eigenvalue weighted by Crippen LogP contribution is 2.42. The maximum Gasteiger partial charge on any atom is 0.229 e. The Balaban J connectivity index is 1.60. The third-order valence-electron chi connectivity index (χ3n) is 4.85. The number of benzene rings is 2. The molecule has 136 valence electrons. The van der Waals surface area contributed by atoms with Crippen molar-refractivity contribution in [3.63, 3.8) is 0 Å². The van der Waals surface area contributed by atoms with Crippen molar-refractivity contribution in [2.24, 2.45) is 0 Å². The maximum atomic E-state index is 13.6. The lowest BCUT2D eigenvalue weighted by molar-refractivity contribution is -0.131. The van der Waals surface area contributed by atoms with Crippen LogP contribution in [0, 0.1) is 17.1 Å². The van der Waals surface area contributed by atoms with Gasteiger partial charge in [0.2, 0.25) is 5.91 Å². The third kappa shape index (κ3) is 3.61. The van der Waals surface area contributed by atoms with E-state index in [1.54, 1.807) is 17.0 Å². The van der Waals surface area contributed by atoms with Crippen molar-refractivity contribution in [3.05, 3.63) is 82.1 Å². The number of rotatable bonds is 3. The average molecular weight is 379 g/mol. The fraction of sp³-hybridized carbons (Fsp3) is 0.238. The molecule has 6 heteroatoms. The molecule has 2 aliphatic rings. The third-order valence-corrected chi connectivity index (χ3v) is 6.06.